The molecule has 1 heterocycles. The van der Waals surface area contributed by atoms with E-state index in [2.05, 4.69) is 10.6 Å². The Hall–Kier alpha value is -2.41. The Bertz CT molecular complexity index is 742. The van der Waals surface area contributed by atoms with Gasteiger partial charge in [0.25, 0.3) is 5.91 Å². The molecule has 1 fully saturated rings. The highest BCUT2D eigenvalue weighted by atomic mass is 16.5. The second kappa shape index (κ2) is 12.4. The van der Waals surface area contributed by atoms with E-state index in [1.54, 1.807) is 13.2 Å². The third-order valence-corrected chi connectivity index (χ3v) is 5.73. The Balaban J connectivity index is 2.05. The molecule has 1 unspecified atom stereocenters. The van der Waals surface area contributed by atoms with Gasteiger partial charge in [0.1, 0.15) is 6.04 Å². The summed E-state index contributed by atoms with van der Waals surface area (Å²) in [5.41, 5.74) is 1.44. The highest BCUT2D eigenvalue weighted by Gasteiger charge is 2.34. The number of rotatable bonds is 10. The highest BCUT2D eigenvalue weighted by Crippen LogP contribution is 2.23. The van der Waals surface area contributed by atoms with Crippen molar-refractivity contribution in [2.75, 3.05) is 33.4 Å². The SMILES string of the molecule is COCCCNC(=O)C(NC(=O)c1ccccc1C)C1CCN(C(=O)CC(C)C)CC1. The largest absolute Gasteiger partial charge is 0.385 e. The van der Waals surface area contributed by atoms with E-state index in [1.165, 1.54) is 0 Å². The average Bonchev–Trinajstić information content (AvgIpc) is 2.74. The molecular weight excluding hydrogens is 394 g/mol. The van der Waals surface area contributed by atoms with Crippen molar-refractivity contribution >= 4 is 17.7 Å². The molecule has 0 aliphatic carbocycles. The summed E-state index contributed by atoms with van der Waals surface area (Å²) >= 11 is 0. The van der Waals surface area contributed by atoms with E-state index >= 15 is 0 Å². The average molecular weight is 432 g/mol. The zero-order chi connectivity index (χ0) is 22.8. The summed E-state index contributed by atoms with van der Waals surface area (Å²) in [6.45, 7) is 8.25. The van der Waals surface area contributed by atoms with Crippen LogP contribution < -0.4 is 10.6 Å². The molecule has 1 aliphatic rings. The lowest BCUT2D eigenvalue weighted by Crippen LogP contribution is -2.54. The molecule has 2 rings (SSSR count). The van der Waals surface area contributed by atoms with Crippen LogP contribution >= 0.6 is 0 Å². The first kappa shape index (κ1) is 24.9. The number of likely N-dealkylation sites (tertiary alicyclic amines) is 1. The van der Waals surface area contributed by atoms with Crippen molar-refractivity contribution in [1.29, 1.82) is 0 Å². The Labute approximate surface area is 185 Å². The summed E-state index contributed by atoms with van der Waals surface area (Å²) in [6, 6.07) is 6.73. The summed E-state index contributed by atoms with van der Waals surface area (Å²) in [5.74, 6) is 0.0548. The number of nitrogens with zero attached hydrogens (tertiary/aromatic N) is 1. The van der Waals surface area contributed by atoms with Crippen LogP contribution in [0.15, 0.2) is 24.3 Å². The van der Waals surface area contributed by atoms with Crippen molar-refractivity contribution in [2.24, 2.45) is 11.8 Å². The molecule has 1 aliphatic heterocycles. The van der Waals surface area contributed by atoms with E-state index in [-0.39, 0.29) is 23.6 Å². The van der Waals surface area contributed by atoms with Crippen molar-refractivity contribution in [1.82, 2.24) is 15.5 Å². The van der Waals surface area contributed by atoms with Crippen LogP contribution in [0.1, 0.15) is 55.5 Å². The first-order chi connectivity index (χ1) is 14.8. The lowest BCUT2D eigenvalue weighted by Gasteiger charge is -2.36. The van der Waals surface area contributed by atoms with E-state index in [4.69, 9.17) is 4.74 Å². The number of nitrogens with one attached hydrogen (secondary N) is 2. The first-order valence-corrected chi connectivity index (χ1v) is 11.2. The Morgan fingerprint density at radius 3 is 2.45 bits per heavy atom. The molecule has 7 heteroatoms. The van der Waals surface area contributed by atoms with Crippen LogP contribution in [0.5, 0.6) is 0 Å². The van der Waals surface area contributed by atoms with Gasteiger partial charge >= 0.3 is 0 Å². The zero-order valence-electron chi connectivity index (χ0n) is 19.3. The van der Waals surface area contributed by atoms with Gasteiger partial charge in [0.2, 0.25) is 11.8 Å². The standard InChI is InChI=1S/C24H37N3O4/c1-17(2)16-21(28)27-13-10-19(11-14-27)22(24(30)25-12-7-15-31-4)26-23(29)20-9-6-5-8-18(20)3/h5-6,8-9,17,19,22H,7,10-16H2,1-4H3,(H,25,30)(H,26,29). The maximum atomic E-state index is 13.0. The zero-order valence-corrected chi connectivity index (χ0v) is 19.3. The van der Waals surface area contributed by atoms with E-state index in [0.717, 1.165) is 5.56 Å². The van der Waals surface area contributed by atoms with Gasteiger partial charge in [0.05, 0.1) is 0 Å². The van der Waals surface area contributed by atoms with Crippen molar-refractivity contribution in [3.8, 4) is 0 Å². The molecule has 1 aromatic carbocycles. The molecule has 3 amide bonds. The van der Waals surface area contributed by atoms with Crippen LogP contribution in [-0.2, 0) is 14.3 Å². The van der Waals surface area contributed by atoms with Crippen molar-refractivity contribution in [2.45, 2.75) is 52.5 Å². The van der Waals surface area contributed by atoms with Crippen molar-refractivity contribution in [3.05, 3.63) is 35.4 Å². The van der Waals surface area contributed by atoms with Gasteiger partial charge in [-0.3, -0.25) is 14.4 Å². The second-order valence-corrected chi connectivity index (χ2v) is 8.72. The third-order valence-electron chi connectivity index (χ3n) is 5.73. The molecule has 0 radical (unpaired) electrons. The number of ether oxygens (including phenoxy) is 1. The van der Waals surface area contributed by atoms with Crippen LogP contribution in [-0.4, -0.2) is 62.0 Å². The first-order valence-electron chi connectivity index (χ1n) is 11.2. The third kappa shape index (κ3) is 7.65. The lowest BCUT2D eigenvalue weighted by atomic mass is 9.88. The molecule has 31 heavy (non-hydrogen) atoms. The number of methoxy groups -OCH3 is 1. The molecule has 2 N–H and O–H groups in total. The van der Waals surface area contributed by atoms with Crippen LogP contribution in [0.4, 0.5) is 0 Å². The minimum Gasteiger partial charge on any atom is -0.385 e. The molecule has 0 spiro atoms. The fraction of sp³-hybridized carbons (Fsp3) is 0.625. The molecule has 0 bridgehead atoms. The fourth-order valence-corrected chi connectivity index (χ4v) is 3.94. The number of hydrogen-bond acceptors (Lipinski definition) is 4. The summed E-state index contributed by atoms with van der Waals surface area (Å²) in [7, 11) is 1.63. The van der Waals surface area contributed by atoms with E-state index in [0.29, 0.717) is 63.4 Å². The van der Waals surface area contributed by atoms with E-state index in [1.807, 2.05) is 43.9 Å². The number of hydrogen-bond donors (Lipinski definition) is 2. The van der Waals surface area contributed by atoms with Gasteiger partial charge in [-0.15, -0.1) is 0 Å². The maximum absolute atomic E-state index is 13.0. The number of aryl methyl sites for hydroxylation is 1. The van der Waals surface area contributed by atoms with Crippen LogP contribution in [0, 0.1) is 18.8 Å². The maximum Gasteiger partial charge on any atom is 0.252 e. The monoisotopic (exact) mass is 431 g/mol. The quantitative estimate of drug-likeness (QED) is 0.557. The molecular formula is C24H37N3O4. The van der Waals surface area contributed by atoms with E-state index in [9.17, 15) is 14.4 Å². The van der Waals surface area contributed by atoms with E-state index < -0.39 is 6.04 Å². The number of amides is 3. The van der Waals surface area contributed by atoms with Gasteiger partial charge < -0.3 is 20.3 Å². The number of carbonyl (C=O) groups excluding carboxylic acids is 3. The summed E-state index contributed by atoms with van der Waals surface area (Å²) < 4.78 is 5.04. The predicted molar refractivity (Wildman–Crippen MR) is 121 cm³/mol. The van der Waals surface area contributed by atoms with Crippen molar-refractivity contribution < 1.29 is 19.1 Å². The molecule has 7 nitrogen and oxygen atoms in total. The minimum absolute atomic E-state index is 0.0153. The highest BCUT2D eigenvalue weighted by molar-refractivity contribution is 5.98. The number of piperidine rings is 1. The lowest BCUT2D eigenvalue weighted by molar-refractivity contribution is -0.133. The summed E-state index contributed by atoms with van der Waals surface area (Å²) in [5, 5.41) is 5.91. The van der Waals surface area contributed by atoms with Crippen molar-refractivity contribution in [3.63, 3.8) is 0 Å². The normalized spacial score (nSPS) is 15.6. The second-order valence-electron chi connectivity index (χ2n) is 8.72. The summed E-state index contributed by atoms with van der Waals surface area (Å²) in [6.07, 6.45) is 2.63. The molecule has 172 valence electrons. The molecule has 1 aromatic rings. The molecule has 1 atom stereocenters. The van der Waals surface area contributed by atoms with Gasteiger partial charge in [-0.05, 0) is 49.7 Å². The van der Waals surface area contributed by atoms with Crippen LogP contribution in [0.25, 0.3) is 0 Å². The predicted octanol–water partition coefficient (Wildman–Crippen LogP) is 2.53. The smallest absolute Gasteiger partial charge is 0.252 e. The van der Waals surface area contributed by atoms with Crippen LogP contribution in [0.3, 0.4) is 0 Å². The van der Waals surface area contributed by atoms with Gasteiger partial charge in [-0.25, -0.2) is 0 Å². The molecule has 0 aromatic heterocycles. The fourth-order valence-electron chi connectivity index (χ4n) is 3.94. The Morgan fingerprint density at radius 1 is 1.16 bits per heavy atom. The van der Waals surface area contributed by atoms with Gasteiger partial charge in [0, 0.05) is 45.3 Å². The van der Waals surface area contributed by atoms with Gasteiger partial charge in [0.15, 0.2) is 0 Å². The Kier molecular flexibility index (Phi) is 9.98. The number of benzene rings is 1. The van der Waals surface area contributed by atoms with Gasteiger partial charge in [-0.1, -0.05) is 32.0 Å². The summed E-state index contributed by atoms with van der Waals surface area (Å²) in [4.78, 5) is 40.2. The van der Waals surface area contributed by atoms with Crippen LogP contribution in [0.2, 0.25) is 0 Å². The van der Waals surface area contributed by atoms with Gasteiger partial charge in [-0.2, -0.15) is 0 Å². The number of carbonyl (C=O) groups is 3. The Morgan fingerprint density at radius 2 is 1.84 bits per heavy atom. The molecule has 0 saturated carbocycles. The molecule has 1 saturated heterocycles. The minimum atomic E-state index is -0.628. The topological polar surface area (TPSA) is 87.7 Å².